The number of allylic oxidation sites excluding steroid dienone is 1. The lowest BCUT2D eigenvalue weighted by Crippen LogP contribution is -2.21. The summed E-state index contributed by atoms with van der Waals surface area (Å²) in [5.41, 5.74) is 2.95. The number of hydrogen-bond acceptors (Lipinski definition) is 2. The Kier molecular flexibility index (Phi) is 3.80. The van der Waals surface area contributed by atoms with Gasteiger partial charge in [-0.05, 0) is 23.6 Å². The number of rotatable bonds is 2. The van der Waals surface area contributed by atoms with E-state index in [1.165, 1.54) is 6.07 Å². The fraction of sp³-hybridized carbons (Fsp3) is 0.211. The Hall–Kier alpha value is -2.42. The predicted molar refractivity (Wildman–Crippen MR) is 85.4 cm³/mol. The molecule has 1 aliphatic carbocycles. The van der Waals surface area contributed by atoms with Crippen molar-refractivity contribution in [3.63, 3.8) is 0 Å². The molecular weight excluding hydrogens is 277 g/mol. The quantitative estimate of drug-likeness (QED) is 0.781. The van der Waals surface area contributed by atoms with Crippen molar-refractivity contribution >= 4 is 5.78 Å². The van der Waals surface area contributed by atoms with Crippen LogP contribution in [0.5, 0.6) is 0 Å². The lowest BCUT2D eigenvalue weighted by molar-refractivity contribution is 0.102. The van der Waals surface area contributed by atoms with E-state index in [-0.39, 0.29) is 17.5 Å². The van der Waals surface area contributed by atoms with Crippen LogP contribution in [-0.4, -0.2) is 24.8 Å². The first-order chi connectivity index (χ1) is 10.6. The maximum Gasteiger partial charge on any atom is 0.190 e. The topological polar surface area (TPSA) is 20.3 Å². The molecule has 0 aromatic heterocycles. The molecular formula is C19H18FNO. The molecule has 112 valence electrons. The number of hydrogen-bond donors (Lipinski definition) is 0. The Balaban J connectivity index is 2.16. The molecule has 0 radical (unpaired) electrons. The van der Waals surface area contributed by atoms with Crippen molar-refractivity contribution in [2.45, 2.75) is 12.3 Å². The van der Waals surface area contributed by atoms with Gasteiger partial charge in [0.25, 0.3) is 0 Å². The second kappa shape index (κ2) is 5.76. The fourth-order valence-corrected chi connectivity index (χ4v) is 3.06. The number of carbonyl (C=O) groups excluding carboxylic acids is 1. The summed E-state index contributed by atoms with van der Waals surface area (Å²) in [7, 11) is 3.78. The van der Waals surface area contributed by atoms with Gasteiger partial charge in [-0.2, -0.15) is 0 Å². The van der Waals surface area contributed by atoms with Crippen LogP contribution in [0, 0.1) is 5.82 Å². The monoisotopic (exact) mass is 295 g/mol. The lowest BCUT2D eigenvalue weighted by atomic mass is 9.76. The van der Waals surface area contributed by atoms with Crippen LogP contribution in [0.3, 0.4) is 0 Å². The van der Waals surface area contributed by atoms with Crippen LogP contribution in [0.4, 0.5) is 4.39 Å². The van der Waals surface area contributed by atoms with E-state index in [9.17, 15) is 9.18 Å². The number of nitrogens with zero attached hydrogens (tertiary/aromatic N) is 1. The van der Waals surface area contributed by atoms with Gasteiger partial charge in [-0.1, -0.05) is 42.5 Å². The highest BCUT2D eigenvalue weighted by Crippen LogP contribution is 2.39. The highest BCUT2D eigenvalue weighted by Gasteiger charge is 2.31. The van der Waals surface area contributed by atoms with E-state index in [2.05, 4.69) is 0 Å². The van der Waals surface area contributed by atoms with E-state index in [1.54, 1.807) is 12.1 Å². The van der Waals surface area contributed by atoms with Crippen molar-refractivity contribution in [2.24, 2.45) is 0 Å². The highest BCUT2D eigenvalue weighted by molar-refractivity contribution is 6.11. The molecule has 0 aliphatic heterocycles. The van der Waals surface area contributed by atoms with Crippen LogP contribution >= 0.6 is 0 Å². The summed E-state index contributed by atoms with van der Waals surface area (Å²) in [6, 6.07) is 14.3. The second-order valence-electron chi connectivity index (χ2n) is 5.81. The molecule has 0 spiro atoms. The van der Waals surface area contributed by atoms with E-state index >= 15 is 0 Å². The Labute approximate surface area is 129 Å². The summed E-state index contributed by atoms with van der Waals surface area (Å²) in [6.45, 7) is 0. The minimum Gasteiger partial charge on any atom is -0.383 e. The van der Waals surface area contributed by atoms with Gasteiger partial charge in [-0.25, -0.2) is 4.39 Å². The number of carbonyl (C=O) groups is 1. The van der Waals surface area contributed by atoms with Gasteiger partial charge in [0, 0.05) is 37.3 Å². The van der Waals surface area contributed by atoms with Gasteiger partial charge in [0.15, 0.2) is 5.78 Å². The molecule has 2 nitrogen and oxygen atoms in total. The minimum absolute atomic E-state index is 0.0388. The summed E-state index contributed by atoms with van der Waals surface area (Å²) in [5.74, 6) is -0.306. The molecule has 0 saturated carbocycles. The maximum absolute atomic E-state index is 14.2. The Morgan fingerprint density at radius 3 is 2.36 bits per heavy atom. The average Bonchev–Trinajstić information content (AvgIpc) is 2.51. The molecule has 2 aromatic rings. The zero-order valence-corrected chi connectivity index (χ0v) is 12.7. The third-order valence-corrected chi connectivity index (χ3v) is 3.99. The van der Waals surface area contributed by atoms with Gasteiger partial charge in [0.1, 0.15) is 5.82 Å². The number of Topliss-reactive ketones (excluding diaryl/α,β-unsaturated/α-hetero) is 1. The number of ketones is 1. The van der Waals surface area contributed by atoms with Crippen molar-refractivity contribution in [3.8, 4) is 0 Å². The SMILES string of the molecule is CN(C)/C=C1\C[C@@H](c2ccccc2F)c2ccccc2C1=O. The number of benzene rings is 2. The molecule has 0 bridgehead atoms. The molecule has 1 aliphatic rings. The fourth-order valence-electron chi connectivity index (χ4n) is 3.06. The van der Waals surface area contributed by atoms with E-state index in [0.29, 0.717) is 17.5 Å². The average molecular weight is 295 g/mol. The molecule has 0 N–H and O–H groups in total. The molecule has 22 heavy (non-hydrogen) atoms. The van der Waals surface area contributed by atoms with Gasteiger partial charge in [0.05, 0.1) is 0 Å². The van der Waals surface area contributed by atoms with Crippen molar-refractivity contribution in [1.82, 2.24) is 4.90 Å². The summed E-state index contributed by atoms with van der Waals surface area (Å²) >= 11 is 0. The van der Waals surface area contributed by atoms with Crippen LogP contribution in [0.2, 0.25) is 0 Å². The number of fused-ring (bicyclic) bond motifs is 1. The van der Waals surface area contributed by atoms with Gasteiger partial charge in [0.2, 0.25) is 0 Å². The maximum atomic E-state index is 14.2. The molecule has 0 saturated heterocycles. The summed E-state index contributed by atoms with van der Waals surface area (Å²) in [6.07, 6.45) is 2.36. The van der Waals surface area contributed by atoms with Crippen LogP contribution in [-0.2, 0) is 0 Å². The van der Waals surface area contributed by atoms with Gasteiger partial charge < -0.3 is 4.90 Å². The molecule has 0 unspecified atom stereocenters. The minimum atomic E-state index is -0.221. The van der Waals surface area contributed by atoms with Crippen molar-refractivity contribution < 1.29 is 9.18 Å². The van der Waals surface area contributed by atoms with E-state index < -0.39 is 0 Å². The molecule has 0 amide bonds. The molecule has 0 fully saturated rings. The summed E-state index contributed by atoms with van der Waals surface area (Å²) in [4.78, 5) is 14.5. The predicted octanol–water partition coefficient (Wildman–Crippen LogP) is 3.99. The first-order valence-corrected chi connectivity index (χ1v) is 7.33. The van der Waals surface area contributed by atoms with E-state index in [0.717, 1.165) is 11.1 Å². The molecule has 3 rings (SSSR count). The zero-order chi connectivity index (χ0) is 15.7. The van der Waals surface area contributed by atoms with Crippen LogP contribution < -0.4 is 0 Å². The Morgan fingerprint density at radius 1 is 1.05 bits per heavy atom. The third-order valence-electron chi connectivity index (χ3n) is 3.99. The molecule has 2 aromatic carbocycles. The lowest BCUT2D eigenvalue weighted by Gasteiger charge is -2.28. The van der Waals surface area contributed by atoms with Crippen LogP contribution in [0.1, 0.15) is 33.8 Å². The van der Waals surface area contributed by atoms with Crippen LogP contribution in [0.15, 0.2) is 60.3 Å². The standard InChI is InChI=1S/C19H18FNO/c1-21(2)12-13-11-17(15-8-5-6-10-18(15)20)14-7-3-4-9-16(14)19(13)22/h3-10,12,17H,11H2,1-2H3/b13-12+/t17-/m1/s1. The summed E-state index contributed by atoms with van der Waals surface area (Å²) < 4.78 is 14.2. The molecule has 0 heterocycles. The Morgan fingerprint density at radius 2 is 1.68 bits per heavy atom. The van der Waals surface area contributed by atoms with E-state index in [1.807, 2.05) is 55.5 Å². The smallest absolute Gasteiger partial charge is 0.190 e. The van der Waals surface area contributed by atoms with Crippen molar-refractivity contribution in [1.29, 1.82) is 0 Å². The van der Waals surface area contributed by atoms with Crippen molar-refractivity contribution in [2.75, 3.05) is 14.1 Å². The van der Waals surface area contributed by atoms with Gasteiger partial charge in [-0.3, -0.25) is 4.79 Å². The number of halogens is 1. The van der Waals surface area contributed by atoms with Gasteiger partial charge >= 0.3 is 0 Å². The highest BCUT2D eigenvalue weighted by atomic mass is 19.1. The molecule has 3 heteroatoms. The van der Waals surface area contributed by atoms with Crippen molar-refractivity contribution in [3.05, 3.63) is 82.8 Å². The summed E-state index contributed by atoms with van der Waals surface area (Å²) in [5, 5.41) is 0. The largest absolute Gasteiger partial charge is 0.383 e. The second-order valence-corrected chi connectivity index (χ2v) is 5.81. The first-order valence-electron chi connectivity index (χ1n) is 7.33. The van der Waals surface area contributed by atoms with Gasteiger partial charge in [-0.15, -0.1) is 0 Å². The third kappa shape index (κ3) is 2.54. The first kappa shape index (κ1) is 14.5. The normalized spacial score (nSPS) is 19.1. The van der Waals surface area contributed by atoms with Crippen LogP contribution in [0.25, 0.3) is 0 Å². The Bertz CT molecular complexity index is 749. The molecule has 1 atom stereocenters. The van der Waals surface area contributed by atoms with E-state index in [4.69, 9.17) is 0 Å². The zero-order valence-electron chi connectivity index (χ0n) is 12.7.